The molecule has 3 rings (SSSR count). The van der Waals surface area contributed by atoms with E-state index in [0.29, 0.717) is 17.0 Å². The van der Waals surface area contributed by atoms with E-state index in [9.17, 15) is 4.79 Å². The van der Waals surface area contributed by atoms with Crippen LogP contribution in [-0.2, 0) is 0 Å². The standard InChI is InChI=1S/C25H25BrN2O3/c1-2-3-4-5-18-30-23-14-10-21(11-15-23)27-28-22-12-16-24(17-13-22)31-25(29)19-6-8-20(26)9-7-19/h6-17H,2-5,18H2,1H3. The van der Waals surface area contributed by atoms with Crippen LogP contribution in [-0.4, -0.2) is 12.6 Å². The number of halogens is 1. The third kappa shape index (κ3) is 7.64. The normalized spacial score (nSPS) is 10.9. The van der Waals surface area contributed by atoms with Gasteiger partial charge in [0.05, 0.1) is 23.5 Å². The van der Waals surface area contributed by atoms with E-state index in [1.165, 1.54) is 19.3 Å². The van der Waals surface area contributed by atoms with Crippen molar-refractivity contribution in [2.24, 2.45) is 10.2 Å². The van der Waals surface area contributed by atoms with Crippen molar-refractivity contribution in [3.63, 3.8) is 0 Å². The van der Waals surface area contributed by atoms with E-state index >= 15 is 0 Å². The minimum Gasteiger partial charge on any atom is -0.494 e. The quantitative estimate of drug-likeness (QED) is 0.127. The summed E-state index contributed by atoms with van der Waals surface area (Å²) in [5, 5.41) is 8.47. The lowest BCUT2D eigenvalue weighted by molar-refractivity contribution is 0.0734. The van der Waals surface area contributed by atoms with Crippen LogP contribution in [0.15, 0.2) is 87.5 Å². The number of hydrogen-bond acceptors (Lipinski definition) is 5. The van der Waals surface area contributed by atoms with Crippen molar-refractivity contribution in [2.75, 3.05) is 6.61 Å². The zero-order chi connectivity index (χ0) is 21.9. The molecule has 0 aliphatic rings. The number of rotatable bonds is 10. The Balaban J connectivity index is 1.49. The fourth-order valence-corrected chi connectivity index (χ4v) is 3.04. The zero-order valence-corrected chi connectivity index (χ0v) is 19.0. The number of benzene rings is 3. The topological polar surface area (TPSA) is 60.3 Å². The molecular formula is C25H25BrN2O3. The van der Waals surface area contributed by atoms with E-state index in [4.69, 9.17) is 9.47 Å². The van der Waals surface area contributed by atoms with Crippen molar-refractivity contribution in [3.05, 3.63) is 82.8 Å². The van der Waals surface area contributed by atoms with Crippen molar-refractivity contribution in [3.8, 4) is 11.5 Å². The number of ether oxygens (including phenoxy) is 2. The van der Waals surface area contributed by atoms with Crippen LogP contribution in [0.4, 0.5) is 11.4 Å². The Morgan fingerprint density at radius 2 is 1.35 bits per heavy atom. The van der Waals surface area contributed by atoms with Gasteiger partial charge in [0.1, 0.15) is 11.5 Å². The van der Waals surface area contributed by atoms with Crippen LogP contribution in [0.3, 0.4) is 0 Å². The van der Waals surface area contributed by atoms with Gasteiger partial charge in [-0.25, -0.2) is 4.79 Å². The molecule has 0 radical (unpaired) electrons. The summed E-state index contributed by atoms with van der Waals surface area (Å²) in [7, 11) is 0. The molecule has 160 valence electrons. The van der Waals surface area contributed by atoms with Crippen LogP contribution in [0.25, 0.3) is 0 Å². The molecular weight excluding hydrogens is 456 g/mol. The summed E-state index contributed by atoms with van der Waals surface area (Å²) in [4.78, 5) is 12.2. The maximum Gasteiger partial charge on any atom is 0.343 e. The molecule has 3 aromatic rings. The molecule has 0 aromatic heterocycles. The van der Waals surface area contributed by atoms with Gasteiger partial charge in [0.15, 0.2) is 0 Å². The third-order valence-corrected chi connectivity index (χ3v) is 5.04. The maximum atomic E-state index is 12.2. The second kappa shape index (κ2) is 12.0. The molecule has 31 heavy (non-hydrogen) atoms. The molecule has 0 fully saturated rings. The Kier molecular flexibility index (Phi) is 8.79. The SMILES string of the molecule is CCCCCCOc1ccc(N=Nc2ccc(OC(=O)c3ccc(Br)cc3)cc2)cc1. The predicted octanol–water partition coefficient (Wildman–Crippen LogP) is 8.04. The summed E-state index contributed by atoms with van der Waals surface area (Å²) in [6, 6.07) is 21.5. The number of hydrogen-bond donors (Lipinski definition) is 0. The van der Waals surface area contributed by atoms with Crippen molar-refractivity contribution in [1.82, 2.24) is 0 Å². The van der Waals surface area contributed by atoms with Gasteiger partial charge in [-0.1, -0.05) is 42.1 Å². The molecule has 0 bridgehead atoms. The third-order valence-electron chi connectivity index (χ3n) is 4.51. The van der Waals surface area contributed by atoms with Gasteiger partial charge in [-0.05, 0) is 79.2 Å². The van der Waals surface area contributed by atoms with Gasteiger partial charge in [-0.3, -0.25) is 0 Å². The molecule has 5 nitrogen and oxygen atoms in total. The second-order valence-electron chi connectivity index (χ2n) is 6.99. The second-order valence-corrected chi connectivity index (χ2v) is 7.91. The van der Waals surface area contributed by atoms with Crippen LogP contribution in [0.5, 0.6) is 11.5 Å². The van der Waals surface area contributed by atoms with Gasteiger partial charge in [0.2, 0.25) is 0 Å². The van der Waals surface area contributed by atoms with Crippen molar-refractivity contribution < 1.29 is 14.3 Å². The minimum absolute atomic E-state index is 0.408. The first kappa shape index (κ1) is 22.7. The van der Waals surface area contributed by atoms with E-state index < -0.39 is 5.97 Å². The van der Waals surface area contributed by atoms with E-state index in [1.807, 2.05) is 24.3 Å². The van der Waals surface area contributed by atoms with Crippen LogP contribution in [0.2, 0.25) is 0 Å². The molecule has 0 saturated heterocycles. The van der Waals surface area contributed by atoms with Crippen molar-refractivity contribution in [1.29, 1.82) is 0 Å². The summed E-state index contributed by atoms with van der Waals surface area (Å²) < 4.78 is 12.0. The maximum absolute atomic E-state index is 12.2. The fraction of sp³-hybridized carbons (Fsp3) is 0.240. The van der Waals surface area contributed by atoms with Crippen LogP contribution in [0.1, 0.15) is 43.0 Å². The highest BCUT2D eigenvalue weighted by Gasteiger charge is 2.08. The first-order valence-corrected chi connectivity index (χ1v) is 11.2. The van der Waals surface area contributed by atoms with E-state index in [1.54, 1.807) is 48.5 Å². The molecule has 0 heterocycles. The summed E-state index contributed by atoms with van der Waals surface area (Å²) >= 11 is 3.34. The smallest absolute Gasteiger partial charge is 0.343 e. The van der Waals surface area contributed by atoms with Gasteiger partial charge in [-0.15, -0.1) is 0 Å². The number of carbonyl (C=O) groups excluding carboxylic acids is 1. The first-order chi connectivity index (χ1) is 15.1. The van der Waals surface area contributed by atoms with E-state index in [0.717, 1.165) is 28.9 Å². The monoisotopic (exact) mass is 480 g/mol. The number of carbonyl (C=O) groups is 1. The molecule has 0 N–H and O–H groups in total. The lowest BCUT2D eigenvalue weighted by Gasteiger charge is -2.05. The predicted molar refractivity (Wildman–Crippen MR) is 126 cm³/mol. The molecule has 0 spiro atoms. The summed E-state index contributed by atoms with van der Waals surface area (Å²) in [6.45, 7) is 2.93. The van der Waals surface area contributed by atoms with E-state index in [-0.39, 0.29) is 0 Å². The average molecular weight is 481 g/mol. The Hall–Kier alpha value is -2.99. The molecule has 0 amide bonds. The molecule has 0 aliphatic heterocycles. The average Bonchev–Trinajstić information content (AvgIpc) is 2.80. The summed E-state index contributed by atoms with van der Waals surface area (Å²) in [5.41, 5.74) is 1.89. The Labute approximate surface area is 191 Å². The summed E-state index contributed by atoms with van der Waals surface area (Å²) in [6.07, 6.45) is 4.74. The lowest BCUT2D eigenvalue weighted by atomic mass is 10.2. The molecule has 0 saturated carbocycles. The zero-order valence-electron chi connectivity index (χ0n) is 17.5. The highest BCUT2D eigenvalue weighted by atomic mass is 79.9. The highest BCUT2D eigenvalue weighted by molar-refractivity contribution is 9.10. The van der Waals surface area contributed by atoms with Gasteiger partial charge in [0.25, 0.3) is 0 Å². The first-order valence-electron chi connectivity index (χ1n) is 10.4. The molecule has 0 aliphatic carbocycles. The molecule has 6 heteroatoms. The number of azo groups is 1. The number of nitrogens with zero attached hydrogens (tertiary/aromatic N) is 2. The molecule has 0 unspecified atom stereocenters. The van der Waals surface area contributed by atoms with E-state index in [2.05, 4.69) is 33.1 Å². The molecule has 3 aromatic carbocycles. The van der Waals surface area contributed by atoms with Crippen molar-refractivity contribution >= 4 is 33.3 Å². The number of esters is 1. The fourth-order valence-electron chi connectivity index (χ4n) is 2.78. The Morgan fingerprint density at radius 3 is 1.94 bits per heavy atom. The molecule has 0 atom stereocenters. The van der Waals surface area contributed by atoms with Crippen LogP contribution < -0.4 is 9.47 Å². The Morgan fingerprint density at radius 1 is 0.774 bits per heavy atom. The minimum atomic E-state index is -0.408. The summed E-state index contributed by atoms with van der Waals surface area (Å²) in [5.74, 6) is 0.884. The van der Waals surface area contributed by atoms with Gasteiger partial charge < -0.3 is 9.47 Å². The number of unbranched alkanes of at least 4 members (excludes halogenated alkanes) is 3. The van der Waals surface area contributed by atoms with Gasteiger partial charge in [-0.2, -0.15) is 10.2 Å². The van der Waals surface area contributed by atoms with Crippen molar-refractivity contribution in [2.45, 2.75) is 32.6 Å². The highest BCUT2D eigenvalue weighted by Crippen LogP contribution is 2.24. The Bertz CT molecular complexity index is 985. The van der Waals surface area contributed by atoms with Gasteiger partial charge >= 0.3 is 5.97 Å². The van der Waals surface area contributed by atoms with Crippen LogP contribution >= 0.6 is 15.9 Å². The largest absolute Gasteiger partial charge is 0.494 e. The van der Waals surface area contributed by atoms with Crippen LogP contribution in [0, 0.1) is 0 Å². The lowest BCUT2D eigenvalue weighted by Crippen LogP contribution is -2.07. The van der Waals surface area contributed by atoms with Gasteiger partial charge in [0, 0.05) is 4.47 Å².